The lowest BCUT2D eigenvalue weighted by atomic mass is 10.0. The number of thiophene rings is 1. The number of hydrogen-bond acceptors (Lipinski definition) is 4. The van der Waals surface area contributed by atoms with Gasteiger partial charge in [0, 0.05) is 29.6 Å². The summed E-state index contributed by atoms with van der Waals surface area (Å²) in [6.45, 7) is 5.99. The van der Waals surface area contributed by atoms with Gasteiger partial charge in [-0.2, -0.15) is 0 Å². The molecule has 7 heteroatoms. The molecule has 0 aliphatic carbocycles. The van der Waals surface area contributed by atoms with E-state index in [1.165, 1.54) is 11.3 Å². The Kier molecular flexibility index (Phi) is 6.27. The average Bonchev–Trinajstić information content (AvgIpc) is 3.04. The van der Waals surface area contributed by atoms with Gasteiger partial charge in [0.15, 0.2) is 0 Å². The van der Waals surface area contributed by atoms with Crippen molar-refractivity contribution in [3.63, 3.8) is 0 Å². The van der Waals surface area contributed by atoms with Gasteiger partial charge in [-0.1, -0.05) is 36.4 Å². The van der Waals surface area contributed by atoms with E-state index in [0.717, 1.165) is 40.7 Å². The maximum Gasteiger partial charge on any atom is 0.256 e. The molecule has 2 amide bonds. The minimum atomic E-state index is -0.483. The van der Waals surface area contributed by atoms with Crippen molar-refractivity contribution in [2.45, 2.75) is 32.9 Å². The topological polar surface area (TPSA) is 75.4 Å². The first-order valence-electron chi connectivity index (χ1n) is 9.43. The number of nitrogens with two attached hydrogens (primary N) is 1. The molecule has 3 N–H and O–H groups in total. The van der Waals surface area contributed by atoms with Gasteiger partial charge >= 0.3 is 0 Å². The van der Waals surface area contributed by atoms with E-state index in [2.05, 4.69) is 24.1 Å². The molecule has 2 heterocycles. The first-order valence-corrected chi connectivity index (χ1v) is 10.2. The van der Waals surface area contributed by atoms with Gasteiger partial charge in [0.1, 0.15) is 5.00 Å². The van der Waals surface area contributed by atoms with E-state index >= 15 is 0 Å². The van der Waals surface area contributed by atoms with Gasteiger partial charge in [-0.3, -0.25) is 14.5 Å². The number of carbonyl (C=O) groups is 2. The maximum atomic E-state index is 13.0. The Bertz CT molecular complexity index is 1070. The number of nitrogens with zero attached hydrogens (tertiary/aromatic N) is 1. The summed E-state index contributed by atoms with van der Waals surface area (Å²) in [6.07, 6.45) is 0.770. The monoisotopic (exact) mass is 429 g/mol. The van der Waals surface area contributed by atoms with Crippen molar-refractivity contribution in [2.75, 3.05) is 11.9 Å². The van der Waals surface area contributed by atoms with Crippen LogP contribution in [0, 0.1) is 0 Å². The van der Waals surface area contributed by atoms with Crippen molar-refractivity contribution < 1.29 is 9.59 Å². The Morgan fingerprint density at radius 3 is 2.59 bits per heavy atom. The molecule has 0 saturated heterocycles. The summed E-state index contributed by atoms with van der Waals surface area (Å²) in [5, 5.41) is 5.41. The Balaban J connectivity index is 0.00000240. The molecule has 1 aliphatic heterocycles. The SMILES string of the molecule is CC(C)N1CCc2c(sc(NC(=O)c3cccc4ccccc34)c2C(N)=O)C1.Cl. The number of rotatable bonds is 4. The third-order valence-corrected chi connectivity index (χ3v) is 6.46. The molecule has 1 aromatic heterocycles. The second-order valence-corrected chi connectivity index (χ2v) is 8.47. The van der Waals surface area contributed by atoms with Gasteiger partial charge in [0.05, 0.1) is 5.56 Å². The number of hydrogen-bond donors (Lipinski definition) is 2. The molecule has 1 aliphatic rings. The maximum absolute atomic E-state index is 13.0. The Morgan fingerprint density at radius 1 is 1.14 bits per heavy atom. The van der Waals surface area contributed by atoms with Crippen LogP contribution in [0.1, 0.15) is 45.0 Å². The molecule has 0 fully saturated rings. The van der Waals surface area contributed by atoms with Crippen LogP contribution in [-0.4, -0.2) is 29.3 Å². The van der Waals surface area contributed by atoms with Crippen LogP contribution in [0.15, 0.2) is 42.5 Å². The second kappa shape index (κ2) is 8.53. The van der Waals surface area contributed by atoms with E-state index in [1.807, 2.05) is 36.4 Å². The summed E-state index contributed by atoms with van der Waals surface area (Å²) in [7, 11) is 0. The molecule has 0 unspecified atom stereocenters. The van der Waals surface area contributed by atoms with Crippen LogP contribution in [0.2, 0.25) is 0 Å². The fourth-order valence-electron chi connectivity index (χ4n) is 3.81. The van der Waals surface area contributed by atoms with Gasteiger partial charge < -0.3 is 11.1 Å². The molecule has 3 aromatic rings. The number of anilines is 1. The zero-order valence-corrected chi connectivity index (χ0v) is 18.0. The van der Waals surface area contributed by atoms with E-state index in [-0.39, 0.29) is 18.3 Å². The predicted octanol–water partition coefficient (Wildman–Crippen LogP) is 4.44. The van der Waals surface area contributed by atoms with Gasteiger partial charge in [0.25, 0.3) is 11.8 Å². The molecule has 0 radical (unpaired) electrons. The first-order chi connectivity index (χ1) is 13.5. The van der Waals surface area contributed by atoms with Crippen LogP contribution in [-0.2, 0) is 13.0 Å². The molecule has 4 rings (SSSR count). The summed E-state index contributed by atoms with van der Waals surface area (Å²) in [5.74, 6) is -0.706. The van der Waals surface area contributed by atoms with Crippen molar-refractivity contribution in [1.29, 1.82) is 0 Å². The lowest BCUT2D eigenvalue weighted by Crippen LogP contribution is -2.35. The average molecular weight is 430 g/mol. The van der Waals surface area contributed by atoms with Crippen LogP contribution >= 0.6 is 23.7 Å². The van der Waals surface area contributed by atoms with Gasteiger partial charge in [-0.25, -0.2) is 0 Å². The van der Waals surface area contributed by atoms with Gasteiger partial charge in [-0.05, 0) is 42.7 Å². The highest BCUT2D eigenvalue weighted by Crippen LogP contribution is 2.37. The third kappa shape index (κ3) is 4.01. The molecule has 2 aromatic carbocycles. The Hall–Kier alpha value is -2.41. The quantitative estimate of drug-likeness (QED) is 0.643. The number of amides is 2. The van der Waals surface area contributed by atoms with Crippen molar-refractivity contribution in [3.8, 4) is 0 Å². The molecule has 0 bridgehead atoms. The first kappa shape index (κ1) is 21.3. The van der Waals surface area contributed by atoms with Crippen molar-refractivity contribution in [2.24, 2.45) is 5.73 Å². The molecule has 0 atom stereocenters. The molecule has 152 valence electrons. The van der Waals surface area contributed by atoms with E-state index < -0.39 is 5.91 Å². The highest BCUT2D eigenvalue weighted by Gasteiger charge is 2.28. The third-order valence-electron chi connectivity index (χ3n) is 5.32. The molecule has 0 spiro atoms. The minimum Gasteiger partial charge on any atom is -0.365 e. The summed E-state index contributed by atoms with van der Waals surface area (Å²) >= 11 is 1.47. The van der Waals surface area contributed by atoms with Crippen LogP contribution in [0.3, 0.4) is 0 Å². The zero-order chi connectivity index (χ0) is 19.8. The Morgan fingerprint density at radius 2 is 1.86 bits per heavy atom. The van der Waals surface area contributed by atoms with Gasteiger partial charge in [0.2, 0.25) is 0 Å². The predicted molar refractivity (Wildman–Crippen MR) is 121 cm³/mol. The fraction of sp³-hybridized carbons (Fsp3) is 0.273. The summed E-state index contributed by atoms with van der Waals surface area (Å²) in [6, 6.07) is 13.8. The smallest absolute Gasteiger partial charge is 0.256 e. The number of halogens is 1. The molecular formula is C22H24ClN3O2S. The number of primary amides is 1. The fourth-order valence-corrected chi connectivity index (χ4v) is 5.08. The van der Waals surface area contributed by atoms with Crippen molar-refractivity contribution in [1.82, 2.24) is 4.90 Å². The zero-order valence-electron chi connectivity index (χ0n) is 16.4. The largest absolute Gasteiger partial charge is 0.365 e. The minimum absolute atomic E-state index is 0. The number of fused-ring (bicyclic) bond motifs is 2. The lowest BCUT2D eigenvalue weighted by Gasteiger charge is -2.30. The van der Waals surface area contributed by atoms with Crippen LogP contribution < -0.4 is 11.1 Å². The highest BCUT2D eigenvalue weighted by atomic mass is 35.5. The van der Waals surface area contributed by atoms with Crippen LogP contribution in [0.5, 0.6) is 0 Å². The second-order valence-electron chi connectivity index (χ2n) is 7.37. The van der Waals surface area contributed by atoms with E-state index in [9.17, 15) is 9.59 Å². The molecule has 29 heavy (non-hydrogen) atoms. The molecular weight excluding hydrogens is 406 g/mol. The number of benzene rings is 2. The van der Waals surface area contributed by atoms with E-state index in [4.69, 9.17) is 5.73 Å². The number of nitrogens with one attached hydrogen (secondary N) is 1. The van der Waals surface area contributed by atoms with Crippen molar-refractivity contribution >= 4 is 51.3 Å². The van der Waals surface area contributed by atoms with E-state index in [0.29, 0.717) is 22.2 Å². The van der Waals surface area contributed by atoms with Crippen LogP contribution in [0.4, 0.5) is 5.00 Å². The number of carbonyl (C=O) groups excluding carboxylic acids is 2. The standard InChI is InChI=1S/C22H23N3O2S.ClH/c1-13(2)25-11-10-17-18(12-25)28-22(19(17)20(23)26)24-21(27)16-9-5-7-14-6-3-4-8-15(14)16;/h3-9,13H,10-12H2,1-2H3,(H2,23,26)(H,24,27);1H. The molecule has 0 saturated carbocycles. The summed E-state index contributed by atoms with van der Waals surface area (Å²) in [4.78, 5) is 28.7. The highest BCUT2D eigenvalue weighted by molar-refractivity contribution is 7.17. The van der Waals surface area contributed by atoms with Crippen LogP contribution in [0.25, 0.3) is 10.8 Å². The Labute approximate surface area is 180 Å². The van der Waals surface area contributed by atoms with Crippen molar-refractivity contribution in [3.05, 3.63) is 64.0 Å². The summed E-state index contributed by atoms with van der Waals surface area (Å²) in [5.41, 5.74) is 7.73. The van der Waals surface area contributed by atoms with Gasteiger partial charge in [-0.15, -0.1) is 23.7 Å². The normalized spacial score (nSPS) is 13.8. The molecule has 5 nitrogen and oxygen atoms in total. The van der Waals surface area contributed by atoms with E-state index in [1.54, 1.807) is 6.07 Å². The lowest BCUT2D eigenvalue weighted by molar-refractivity contribution is 0.0999. The summed E-state index contributed by atoms with van der Waals surface area (Å²) < 4.78 is 0.